The summed E-state index contributed by atoms with van der Waals surface area (Å²) in [6.07, 6.45) is 3.74. The van der Waals surface area contributed by atoms with E-state index in [9.17, 15) is 29.2 Å². The summed E-state index contributed by atoms with van der Waals surface area (Å²) >= 11 is 12.4. The molecule has 5 aromatic rings. The molecule has 4 aromatic carbocycles. The summed E-state index contributed by atoms with van der Waals surface area (Å²) in [4.78, 5) is 65.2. The lowest BCUT2D eigenvalue weighted by Gasteiger charge is -2.37. The summed E-state index contributed by atoms with van der Waals surface area (Å²) in [5.74, 6) is -4.57. The largest absolute Gasteiger partial charge is 0.495 e. The lowest BCUT2D eigenvalue weighted by atomic mass is 9.62. The summed E-state index contributed by atoms with van der Waals surface area (Å²) in [5.41, 5.74) is 0.156. The second kappa shape index (κ2) is 19.4. The summed E-state index contributed by atoms with van der Waals surface area (Å²) in [6.45, 7) is 6.23. The van der Waals surface area contributed by atoms with Crippen molar-refractivity contribution in [2.45, 2.75) is 95.2 Å². The number of methoxy groups -OCH3 is 1. The maximum atomic E-state index is 16.1. The lowest BCUT2D eigenvalue weighted by molar-refractivity contribution is -0.135. The van der Waals surface area contributed by atoms with Gasteiger partial charge in [-0.15, -0.1) is 0 Å². The molecule has 5 atom stereocenters. The van der Waals surface area contributed by atoms with Gasteiger partial charge in [-0.1, -0.05) is 74.7 Å². The zero-order valence-electron chi connectivity index (χ0n) is 37.2. The Morgan fingerprint density at radius 3 is 2.45 bits per heavy atom. The predicted octanol–water partition coefficient (Wildman–Crippen LogP) is 8.01. The van der Waals surface area contributed by atoms with Crippen molar-refractivity contribution in [1.82, 2.24) is 25.1 Å². The molecule has 17 heteroatoms. The molecular weight excluding hydrogens is 891 g/mol. The number of rotatable bonds is 14. The quantitative estimate of drug-likeness (QED) is 0.0640. The molecule has 2 saturated heterocycles. The van der Waals surface area contributed by atoms with Crippen molar-refractivity contribution < 1.29 is 32.7 Å². The van der Waals surface area contributed by atoms with Crippen LogP contribution in [0.5, 0.6) is 5.75 Å². The van der Waals surface area contributed by atoms with Crippen molar-refractivity contribution in [3.63, 3.8) is 0 Å². The Hall–Kier alpha value is -6.08. The first-order valence-electron chi connectivity index (χ1n) is 21.8. The van der Waals surface area contributed by atoms with Gasteiger partial charge < -0.3 is 20.7 Å². The number of imidazole rings is 1. The number of hydrogen-bond acceptors (Lipinski definition) is 8. The van der Waals surface area contributed by atoms with Crippen LogP contribution in [-0.2, 0) is 33.3 Å². The fraction of sp³-hybridized carbons (Fsp3) is 0.388. The number of piperidine rings is 1. The number of carbonyl (C=O) groups is 4. The van der Waals surface area contributed by atoms with E-state index in [0.29, 0.717) is 30.4 Å². The first-order chi connectivity index (χ1) is 31.4. The second-order valence-electron chi connectivity index (χ2n) is 18.2. The van der Waals surface area contributed by atoms with Crippen molar-refractivity contribution >= 4 is 63.6 Å². The van der Waals surface area contributed by atoms with E-state index >= 15 is 8.78 Å². The minimum atomic E-state index is -1.81. The number of fused-ring (bicyclic) bond motifs is 1. The minimum Gasteiger partial charge on any atom is -0.495 e. The molecule has 13 nitrogen and oxygen atoms in total. The molecule has 0 saturated carbocycles. The smallest absolute Gasteiger partial charge is 0.329 e. The van der Waals surface area contributed by atoms with Crippen molar-refractivity contribution in [3.05, 3.63) is 127 Å². The molecule has 66 heavy (non-hydrogen) atoms. The first kappa shape index (κ1) is 47.9. The fourth-order valence-electron chi connectivity index (χ4n) is 9.43. The van der Waals surface area contributed by atoms with Crippen LogP contribution in [0.3, 0.4) is 0 Å². The number of unbranched alkanes of at least 4 members (excludes halogenated alkanes) is 2. The van der Waals surface area contributed by atoms with Gasteiger partial charge in [-0.05, 0) is 97.2 Å². The normalized spacial score (nSPS) is 20.8. The highest BCUT2D eigenvalue weighted by atomic mass is 35.5. The van der Waals surface area contributed by atoms with Gasteiger partial charge in [0.25, 0.3) is 5.91 Å². The number of anilines is 1. The standard InChI is InChI=1S/C49H51Cl2F2N7O6/c1-48(2,3)25-39-49(26-54,31-16-15-29(50)24-33(31)52)41(30-11-9-12-32(51)42(30)53)43(57-39)46(64)56-34-17-14-28(23-38(34)66-5)44(62)55-21-8-6-7-10-27-13-18-35-37(22-27)59(4)47(65)60(35)36-19-20-40(61)58-45(36)63/h9,11-18,22-24,36,39,41,43,57H,6-8,10,19-21,25H2,1-5H3,(H,55,62)(H,56,64)(H,58,61,63)/t36?,39-,41-,43+,49-/m0/s1. The van der Waals surface area contributed by atoms with E-state index in [0.717, 1.165) is 30.9 Å². The van der Waals surface area contributed by atoms with Crippen LogP contribution in [0.15, 0.2) is 77.6 Å². The molecule has 1 unspecified atom stereocenters. The minimum absolute atomic E-state index is 0.0452. The molecule has 0 aliphatic carbocycles. The van der Waals surface area contributed by atoms with E-state index in [4.69, 9.17) is 27.9 Å². The summed E-state index contributed by atoms with van der Waals surface area (Å²) in [7, 11) is 3.05. The van der Waals surface area contributed by atoms with Crippen molar-refractivity contribution in [3.8, 4) is 11.8 Å². The number of nitrogens with one attached hydrogen (secondary N) is 4. The third-order valence-electron chi connectivity index (χ3n) is 12.6. The van der Waals surface area contributed by atoms with Gasteiger partial charge in [0.2, 0.25) is 17.7 Å². The summed E-state index contributed by atoms with van der Waals surface area (Å²) in [5, 5.41) is 22.4. The number of nitrogens with zero attached hydrogens (tertiary/aromatic N) is 3. The number of carbonyl (C=O) groups excluding carboxylic acids is 4. The average molecular weight is 943 g/mol. The van der Waals surface area contributed by atoms with Gasteiger partial charge in [0.1, 0.15) is 28.8 Å². The van der Waals surface area contributed by atoms with Crippen molar-refractivity contribution in [2.24, 2.45) is 12.5 Å². The van der Waals surface area contributed by atoms with Crippen LogP contribution in [0, 0.1) is 28.4 Å². The first-order valence-corrected chi connectivity index (χ1v) is 22.5. The summed E-state index contributed by atoms with van der Waals surface area (Å²) < 4.78 is 40.8. The number of halogens is 4. The third kappa shape index (κ3) is 9.45. The number of aryl methyl sites for hydroxylation is 2. The van der Waals surface area contributed by atoms with Crippen LogP contribution in [0.25, 0.3) is 11.0 Å². The Bertz CT molecular complexity index is 2830. The van der Waals surface area contributed by atoms with Gasteiger partial charge in [-0.25, -0.2) is 13.6 Å². The monoisotopic (exact) mass is 941 g/mol. The third-order valence-corrected chi connectivity index (χ3v) is 13.1. The molecule has 2 aliphatic rings. The Morgan fingerprint density at radius 2 is 1.76 bits per heavy atom. The molecule has 346 valence electrons. The highest BCUT2D eigenvalue weighted by molar-refractivity contribution is 6.31. The average Bonchev–Trinajstić information content (AvgIpc) is 3.71. The molecule has 2 aliphatic heterocycles. The van der Waals surface area contributed by atoms with Crippen molar-refractivity contribution in [2.75, 3.05) is 19.0 Å². The van der Waals surface area contributed by atoms with Crippen LogP contribution in [0.4, 0.5) is 14.5 Å². The number of aromatic nitrogens is 2. The van der Waals surface area contributed by atoms with Crippen LogP contribution >= 0.6 is 23.2 Å². The van der Waals surface area contributed by atoms with Crippen LogP contribution in [-0.4, -0.2) is 58.5 Å². The molecule has 0 spiro atoms. The SMILES string of the molecule is COc1cc(C(=O)NCCCCCc2ccc3c(c2)n(C)c(=O)n3C2CCC(=O)NC2=O)ccc1NC(=O)[C@@H]1N[C@@H](CC(C)(C)C)[C@](C#N)(c2ccc(Cl)cc2F)[C@H]1c1cccc(Cl)c1F. The maximum absolute atomic E-state index is 16.1. The predicted molar refractivity (Wildman–Crippen MR) is 248 cm³/mol. The molecule has 7 rings (SSSR count). The van der Waals surface area contributed by atoms with Gasteiger partial charge in [-0.3, -0.25) is 33.6 Å². The molecule has 1 aromatic heterocycles. The maximum Gasteiger partial charge on any atom is 0.329 e. The Balaban J connectivity index is 1.02. The molecule has 3 heterocycles. The van der Waals surface area contributed by atoms with E-state index in [1.807, 2.05) is 39.0 Å². The number of ether oxygens (including phenoxy) is 1. The van der Waals surface area contributed by atoms with Gasteiger partial charge >= 0.3 is 5.69 Å². The Labute approximate surface area is 390 Å². The molecular formula is C49H51Cl2F2N7O6. The fourth-order valence-corrected chi connectivity index (χ4v) is 9.77. The van der Waals surface area contributed by atoms with Crippen molar-refractivity contribution in [1.29, 1.82) is 5.26 Å². The highest BCUT2D eigenvalue weighted by Crippen LogP contribution is 2.53. The van der Waals surface area contributed by atoms with Gasteiger partial charge in [-0.2, -0.15) is 5.26 Å². The Morgan fingerprint density at radius 1 is 0.985 bits per heavy atom. The Kier molecular flexibility index (Phi) is 14.1. The van der Waals surface area contributed by atoms with Gasteiger partial charge in [0, 0.05) is 48.1 Å². The number of nitriles is 1. The van der Waals surface area contributed by atoms with E-state index in [1.54, 1.807) is 7.05 Å². The zero-order chi connectivity index (χ0) is 47.7. The van der Waals surface area contributed by atoms with E-state index in [1.165, 1.54) is 64.8 Å². The molecule has 2 fully saturated rings. The van der Waals surface area contributed by atoms with E-state index in [-0.39, 0.29) is 68.5 Å². The van der Waals surface area contributed by atoms with E-state index in [2.05, 4.69) is 27.3 Å². The second-order valence-corrected chi connectivity index (χ2v) is 19.0. The van der Waals surface area contributed by atoms with Gasteiger partial charge in [0.15, 0.2) is 0 Å². The number of hydrogen-bond donors (Lipinski definition) is 4. The molecule has 4 N–H and O–H groups in total. The summed E-state index contributed by atoms with van der Waals surface area (Å²) in [6, 6.07) is 18.0. The van der Waals surface area contributed by atoms with Crippen LogP contribution in [0.1, 0.15) is 98.3 Å². The molecule has 0 radical (unpaired) electrons. The zero-order valence-corrected chi connectivity index (χ0v) is 38.7. The number of imide groups is 1. The topological polar surface area (TPSA) is 176 Å². The highest BCUT2D eigenvalue weighted by Gasteiger charge is 2.61. The lowest BCUT2D eigenvalue weighted by Crippen LogP contribution is -2.45. The van der Waals surface area contributed by atoms with Crippen LogP contribution < -0.4 is 31.7 Å². The van der Waals surface area contributed by atoms with Crippen LogP contribution in [0.2, 0.25) is 10.0 Å². The van der Waals surface area contributed by atoms with E-state index < -0.39 is 58.3 Å². The van der Waals surface area contributed by atoms with Gasteiger partial charge in [0.05, 0.1) is 41.0 Å². The number of benzene rings is 4. The molecule has 4 amide bonds. The number of amides is 4. The molecule has 0 bridgehead atoms.